The topological polar surface area (TPSA) is 55.1 Å². The van der Waals surface area contributed by atoms with Crippen LogP contribution in [0.25, 0.3) is 0 Å². The lowest BCUT2D eigenvalue weighted by Gasteiger charge is -2.15. The largest absolute Gasteiger partial charge is 0.352 e. The Morgan fingerprint density at radius 1 is 1.25 bits per heavy atom. The molecule has 1 aromatic rings. The first kappa shape index (κ1) is 16.7. The molecule has 0 aliphatic rings. The Balaban J connectivity index is 2.45. The normalized spacial score (nSPS) is 12.2. The van der Waals surface area contributed by atoms with Gasteiger partial charge in [-0.15, -0.1) is 0 Å². The van der Waals surface area contributed by atoms with Gasteiger partial charge in [0.15, 0.2) is 0 Å². The summed E-state index contributed by atoms with van der Waals surface area (Å²) in [5.74, 6) is 0.620. The third-order valence-electron chi connectivity index (χ3n) is 3.74. The summed E-state index contributed by atoms with van der Waals surface area (Å²) in [5.41, 5.74) is 7.43. The fourth-order valence-corrected chi connectivity index (χ4v) is 2.27. The van der Waals surface area contributed by atoms with Gasteiger partial charge >= 0.3 is 0 Å². The molecule has 20 heavy (non-hydrogen) atoms. The van der Waals surface area contributed by atoms with Gasteiger partial charge in [0, 0.05) is 12.1 Å². The van der Waals surface area contributed by atoms with Crippen molar-refractivity contribution in [3.63, 3.8) is 0 Å². The van der Waals surface area contributed by atoms with Gasteiger partial charge in [-0.3, -0.25) is 4.79 Å². The molecule has 0 heterocycles. The molecule has 0 aliphatic carbocycles. The second-order valence-electron chi connectivity index (χ2n) is 5.36. The molecule has 3 N–H and O–H groups in total. The number of rotatable bonds is 9. The molecule has 0 radical (unpaired) electrons. The third-order valence-corrected chi connectivity index (χ3v) is 3.74. The molecule has 3 nitrogen and oxygen atoms in total. The van der Waals surface area contributed by atoms with Crippen LogP contribution in [-0.2, 0) is 6.42 Å². The SMILES string of the molecule is CCCCC(CC)CNC(=O)c1ccc(CCN)cc1. The summed E-state index contributed by atoms with van der Waals surface area (Å²) in [4.78, 5) is 12.1. The van der Waals surface area contributed by atoms with Crippen molar-refractivity contribution in [2.75, 3.05) is 13.1 Å². The van der Waals surface area contributed by atoms with Gasteiger partial charge in [-0.05, 0) is 43.0 Å². The quantitative estimate of drug-likeness (QED) is 0.728. The minimum absolute atomic E-state index is 0.0271. The van der Waals surface area contributed by atoms with Crippen LogP contribution in [0.3, 0.4) is 0 Å². The molecular formula is C17H28N2O. The fraction of sp³-hybridized carbons (Fsp3) is 0.588. The van der Waals surface area contributed by atoms with Crippen molar-refractivity contribution in [2.24, 2.45) is 11.7 Å². The van der Waals surface area contributed by atoms with Gasteiger partial charge in [-0.1, -0.05) is 45.2 Å². The summed E-state index contributed by atoms with van der Waals surface area (Å²) in [5, 5.41) is 3.05. The first-order chi connectivity index (χ1) is 9.71. The number of unbranched alkanes of at least 4 members (excludes halogenated alkanes) is 1. The second-order valence-corrected chi connectivity index (χ2v) is 5.36. The predicted molar refractivity (Wildman–Crippen MR) is 84.8 cm³/mol. The molecule has 1 atom stereocenters. The van der Waals surface area contributed by atoms with Crippen molar-refractivity contribution in [1.82, 2.24) is 5.32 Å². The molecule has 0 aliphatic heterocycles. The molecule has 0 saturated carbocycles. The number of hydrogen-bond acceptors (Lipinski definition) is 2. The van der Waals surface area contributed by atoms with Gasteiger partial charge < -0.3 is 11.1 Å². The minimum atomic E-state index is 0.0271. The van der Waals surface area contributed by atoms with Crippen LogP contribution in [0.4, 0.5) is 0 Å². The van der Waals surface area contributed by atoms with E-state index >= 15 is 0 Å². The van der Waals surface area contributed by atoms with Gasteiger partial charge in [0.1, 0.15) is 0 Å². The van der Waals surface area contributed by atoms with Crippen LogP contribution >= 0.6 is 0 Å². The van der Waals surface area contributed by atoms with Crippen LogP contribution in [0.15, 0.2) is 24.3 Å². The summed E-state index contributed by atoms with van der Waals surface area (Å²) in [6.07, 6.45) is 5.63. The Hall–Kier alpha value is -1.35. The molecule has 0 spiro atoms. The van der Waals surface area contributed by atoms with E-state index in [1.54, 1.807) is 0 Å². The number of amides is 1. The average Bonchev–Trinajstić information content (AvgIpc) is 2.48. The number of nitrogens with two attached hydrogens (primary N) is 1. The number of carbonyl (C=O) groups is 1. The highest BCUT2D eigenvalue weighted by atomic mass is 16.1. The third kappa shape index (κ3) is 5.74. The zero-order valence-electron chi connectivity index (χ0n) is 12.8. The maximum Gasteiger partial charge on any atom is 0.251 e. The van der Waals surface area contributed by atoms with Crippen LogP contribution < -0.4 is 11.1 Å². The Morgan fingerprint density at radius 2 is 1.95 bits per heavy atom. The van der Waals surface area contributed by atoms with Crippen LogP contribution in [0.5, 0.6) is 0 Å². The summed E-state index contributed by atoms with van der Waals surface area (Å²) < 4.78 is 0. The van der Waals surface area contributed by atoms with E-state index in [1.165, 1.54) is 24.8 Å². The molecule has 0 fully saturated rings. The van der Waals surface area contributed by atoms with E-state index in [2.05, 4.69) is 19.2 Å². The molecule has 0 saturated heterocycles. The Morgan fingerprint density at radius 3 is 2.50 bits per heavy atom. The number of carbonyl (C=O) groups excluding carboxylic acids is 1. The molecule has 1 aromatic carbocycles. The van der Waals surface area contributed by atoms with Crippen molar-refractivity contribution in [2.45, 2.75) is 46.0 Å². The van der Waals surface area contributed by atoms with Crippen molar-refractivity contribution < 1.29 is 4.79 Å². The number of nitrogens with one attached hydrogen (secondary N) is 1. The van der Waals surface area contributed by atoms with Crippen molar-refractivity contribution in [3.8, 4) is 0 Å². The Labute approximate surface area is 122 Å². The molecular weight excluding hydrogens is 248 g/mol. The van der Waals surface area contributed by atoms with Gasteiger partial charge in [0.25, 0.3) is 5.91 Å². The van der Waals surface area contributed by atoms with Crippen molar-refractivity contribution in [1.29, 1.82) is 0 Å². The molecule has 112 valence electrons. The van der Waals surface area contributed by atoms with Gasteiger partial charge in [-0.2, -0.15) is 0 Å². The minimum Gasteiger partial charge on any atom is -0.352 e. The smallest absolute Gasteiger partial charge is 0.251 e. The maximum atomic E-state index is 12.1. The van der Waals surface area contributed by atoms with E-state index < -0.39 is 0 Å². The standard InChI is InChI=1S/C17H28N2O/c1-3-5-6-14(4-2)13-19-17(20)16-9-7-15(8-10-16)11-12-18/h7-10,14H,3-6,11-13,18H2,1-2H3,(H,19,20). The van der Waals surface area contributed by atoms with Crippen molar-refractivity contribution >= 4 is 5.91 Å². The Bertz CT molecular complexity index is 386. The first-order valence-electron chi connectivity index (χ1n) is 7.78. The second kappa shape index (κ2) is 9.54. The lowest BCUT2D eigenvalue weighted by Crippen LogP contribution is -2.29. The number of hydrogen-bond donors (Lipinski definition) is 2. The molecule has 3 heteroatoms. The lowest BCUT2D eigenvalue weighted by molar-refractivity contribution is 0.0946. The fourth-order valence-electron chi connectivity index (χ4n) is 2.27. The molecule has 0 aromatic heterocycles. The van der Waals surface area contributed by atoms with Crippen LogP contribution in [-0.4, -0.2) is 19.0 Å². The summed E-state index contributed by atoms with van der Waals surface area (Å²) in [6.45, 7) is 5.81. The van der Waals surface area contributed by atoms with Crippen LogP contribution in [0.1, 0.15) is 55.5 Å². The van der Waals surface area contributed by atoms with Gasteiger partial charge in [0.05, 0.1) is 0 Å². The van der Waals surface area contributed by atoms with Crippen molar-refractivity contribution in [3.05, 3.63) is 35.4 Å². The lowest BCUT2D eigenvalue weighted by atomic mass is 9.99. The molecule has 0 bridgehead atoms. The maximum absolute atomic E-state index is 12.1. The van der Waals surface area contributed by atoms with E-state index in [-0.39, 0.29) is 5.91 Å². The molecule has 1 unspecified atom stereocenters. The highest BCUT2D eigenvalue weighted by Crippen LogP contribution is 2.12. The molecule has 1 amide bonds. The summed E-state index contributed by atoms with van der Waals surface area (Å²) >= 11 is 0. The highest BCUT2D eigenvalue weighted by Gasteiger charge is 2.09. The first-order valence-corrected chi connectivity index (χ1v) is 7.78. The number of benzene rings is 1. The summed E-state index contributed by atoms with van der Waals surface area (Å²) in [7, 11) is 0. The summed E-state index contributed by atoms with van der Waals surface area (Å²) in [6, 6.07) is 7.73. The predicted octanol–water partition coefficient (Wildman–Crippen LogP) is 3.13. The average molecular weight is 276 g/mol. The van der Waals surface area contributed by atoms with E-state index in [0.29, 0.717) is 12.5 Å². The van der Waals surface area contributed by atoms with E-state index in [9.17, 15) is 4.79 Å². The zero-order valence-corrected chi connectivity index (χ0v) is 12.8. The van der Waals surface area contributed by atoms with Gasteiger partial charge in [0.2, 0.25) is 0 Å². The van der Waals surface area contributed by atoms with Crippen LogP contribution in [0.2, 0.25) is 0 Å². The zero-order chi connectivity index (χ0) is 14.8. The van der Waals surface area contributed by atoms with E-state index in [4.69, 9.17) is 5.73 Å². The van der Waals surface area contributed by atoms with E-state index in [0.717, 1.165) is 24.9 Å². The van der Waals surface area contributed by atoms with Crippen LogP contribution in [0, 0.1) is 5.92 Å². The highest BCUT2D eigenvalue weighted by molar-refractivity contribution is 5.94. The monoisotopic (exact) mass is 276 g/mol. The Kier molecular flexibility index (Phi) is 7.97. The van der Waals surface area contributed by atoms with Gasteiger partial charge in [-0.25, -0.2) is 0 Å². The molecule has 1 rings (SSSR count). The van der Waals surface area contributed by atoms with E-state index in [1.807, 2.05) is 24.3 Å².